The zero-order valence-corrected chi connectivity index (χ0v) is 11.3. The van der Waals surface area contributed by atoms with Crippen molar-refractivity contribution in [1.29, 1.82) is 0 Å². The number of hydrogen-bond donors (Lipinski definition) is 1. The standard InChI is InChI=1S/C11H21NOS.ClH/c1-9-7-12-11(2,13-8-9)10-5-3-4-6-14-10;/h9-10,12H,3-8H2,1-2H3;1H. The third kappa shape index (κ3) is 3.26. The Bertz CT molecular complexity index is 189. The van der Waals surface area contributed by atoms with Gasteiger partial charge in [-0.15, -0.1) is 12.4 Å². The van der Waals surface area contributed by atoms with Crippen molar-refractivity contribution >= 4 is 24.2 Å². The van der Waals surface area contributed by atoms with Crippen LogP contribution in [0, 0.1) is 5.92 Å². The second kappa shape index (κ2) is 5.76. The van der Waals surface area contributed by atoms with E-state index in [-0.39, 0.29) is 18.1 Å². The van der Waals surface area contributed by atoms with Gasteiger partial charge in [0.1, 0.15) is 5.72 Å². The number of nitrogens with one attached hydrogen (secondary N) is 1. The van der Waals surface area contributed by atoms with Gasteiger partial charge in [-0.05, 0) is 31.4 Å². The summed E-state index contributed by atoms with van der Waals surface area (Å²) in [6, 6.07) is 0. The van der Waals surface area contributed by atoms with Crippen LogP contribution in [-0.2, 0) is 4.74 Å². The number of rotatable bonds is 1. The molecule has 0 bridgehead atoms. The first kappa shape index (κ1) is 13.6. The molecule has 2 fully saturated rings. The maximum absolute atomic E-state index is 5.99. The van der Waals surface area contributed by atoms with Crippen LogP contribution in [0.3, 0.4) is 0 Å². The Morgan fingerprint density at radius 1 is 1.40 bits per heavy atom. The van der Waals surface area contributed by atoms with E-state index in [0.717, 1.165) is 13.2 Å². The molecule has 2 aliphatic rings. The van der Waals surface area contributed by atoms with Gasteiger partial charge in [0, 0.05) is 11.8 Å². The van der Waals surface area contributed by atoms with Crippen molar-refractivity contribution in [3.8, 4) is 0 Å². The minimum atomic E-state index is -0.0579. The van der Waals surface area contributed by atoms with Gasteiger partial charge >= 0.3 is 0 Å². The zero-order chi connectivity index (χ0) is 10.0. The minimum absolute atomic E-state index is 0. The van der Waals surface area contributed by atoms with E-state index in [1.54, 1.807) is 0 Å². The van der Waals surface area contributed by atoms with Crippen LogP contribution in [0.2, 0.25) is 0 Å². The van der Waals surface area contributed by atoms with Crippen LogP contribution < -0.4 is 5.32 Å². The van der Waals surface area contributed by atoms with Crippen LogP contribution >= 0.6 is 24.2 Å². The van der Waals surface area contributed by atoms with Gasteiger partial charge in [-0.3, -0.25) is 5.32 Å². The van der Waals surface area contributed by atoms with Crippen molar-refractivity contribution in [1.82, 2.24) is 5.32 Å². The summed E-state index contributed by atoms with van der Waals surface area (Å²) in [5.41, 5.74) is -0.0579. The fourth-order valence-electron chi connectivity index (χ4n) is 2.18. The largest absolute Gasteiger partial charge is 0.359 e. The van der Waals surface area contributed by atoms with Crippen molar-refractivity contribution in [2.45, 2.75) is 44.1 Å². The fraction of sp³-hybridized carbons (Fsp3) is 1.00. The van der Waals surface area contributed by atoms with E-state index < -0.39 is 0 Å². The van der Waals surface area contributed by atoms with Crippen molar-refractivity contribution < 1.29 is 4.74 Å². The lowest BCUT2D eigenvalue weighted by molar-refractivity contribution is -0.102. The average molecular weight is 252 g/mol. The molecular formula is C11H22ClNOS. The molecule has 2 aliphatic heterocycles. The molecule has 1 N–H and O–H groups in total. The number of halogens is 1. The Kier molecular flexibility index (Phi) is 5.23. The van der Waals surface area contributed by atoms with Gasteiger partial charge in [0.15, 0.2) is 0 Å². The number of ether oxygens (including phenoxy) is 1. The SMILES string of the molecule is CC1CNC(C)(C2CCCCS2)OC1.Cl. The lowest BCUT2D eigenvalue weighted by atomic mass is 10.0. The molecule has 3 atom stereocenters. The summed E-state index contributed by atoms with van der Waals surface area (Å²) in [5, 5.41) is 4.23. The minimum Gasteiger partial charge on any atom is -0.359 e. The summed E-state index contributed by atoms with van der Waals surface area (Å²) in [5.74, 6) is 1.97. The van der Waals surface area contributed by atoms with Gasteiger partial charge in [0.05, 0.1) is 6.61 Å². The molecule has 0 amide bonds. The van der Waals surface area contributed by atoms with Crippen LogP contribution in [-0.4, -0.2) is 29.9 Å². The van der Waals surface area contributed by atoms with Crippen LogP contribution in [0.15, 0.2) is 0 Å². The quantitative estimate of drug-likeness (QED) is 0.774. The van der Waals surface area contributed by atoms with E-state index >= 15 is 0 Å². The molecule has 3 unspecified atom stereocenters. The van der Waals surface area contributed by atoms with Gasteiger partial charge < -0.3 is 4.74 Å². The predicted molar refractivity (Wildman–Crippen MR) is 68.9 cm³/mol. The molecular weight excluding hydrogens is 230 g/mol. The summed E-state index contributed by atoms with van der Waals surface area (Å²) in [6.45, 7) is 6.48. The maximum atomic E-state index is 5.99. The topological polar surface area (TPSA) is 21.3 Å². The van der Waals surface area contributed by atoms with Gasteiger partial charge in [0.2, 0.25) is 0 Å². The number of thioether (sulfide) groups is 1. The van der Waals surface area contributed by atoms with Crippen LogP contribution in [0.4, 0.5) is 0 Å². The van der Waals surface area contributed by atoms with Gasteiger partial charge in [-0.25, -0.2) is 0 Å². The highest BCUT2D eigenvalue weighted by Gasteiger charge is 2.38. The third-order valence-electron chi connectivity index (χ3n) is 3.26. The Balaban J connectivity index is 0.00000112. The maximum Gasteiger partial charge on any atom is 0.128 e. The second-order valence-corrected chi connectivity index (χ2v) is 6.07. The third-order valence-corrected chi connectivity index (χ3v) is 4.88. The average Bonchev–Trinajstić information content (AvgIpc) is 2.24. The normalized spacial score (nSPS) is 42.0. The van der Waals surface area contributed by atoms with E-state index in [0.29, 0.717) is 11.2 Å². The van der Waals surface area contributed by atoms with Crippen molar-refractivity contribution in [2.75, 3.05) is 18.9 Å². The summed E-state index contributed by atoms with van der Waals surface area (Å²) in [4.78, 5) is 0. The molecule has 2 heterocycles. The van der Waals surface area contributed by atoms with Gasteiger partial charge in [-0.2, -0.15) is 11.8 Å². The number of hydrogen-bond acceptors (Lipinski definition) is 3. The van der Waals surface area contributed by atoms with E-state index in [9.17, 15) is 0 Å². The molecule has 0 spiro atoms. The van der Waals surface area contributed by atoms with Crippen molar-refractivity contribution in [2.24, 2.45) is 5.92 Å². The summed E-state index contributed by atoms with van der Waals surface area (Å²) in [6.07, 6.45) is 4.06. The molecule has 2 nitrogen and oxygen atoms in total. The molecule has 0 radical (unpaired) electrons. The highest BCUT2D eigenvalue weighted by molar-refractivity contribution is 8.00. The van der Waals surface area contributed by atoms with Crippen molar-refractivity contribution in [3.63, 3.8) is 0 Å². The predicted octanol–water partition coefficient (Wildman–Crippen LogP) is 2.67. The summed E-state index contributed by atoms with van der Waals surface area (Å²) in [7, 11) is 0. The first-order valence-corrected chi connectivity index (χ1v) is 6.76. The molecule has 0 aromatic heterocycles. The van der Waals surface area contributed by atoms with E-state index in [4.69, 9.17) is 4.74 Å². The van der Waals surface area contributed by atoms with E-state index in [1.807, 2.05) is 0 Å². The van der Waals surface area contributed by atoms with Crippen LogP contribution in [0.1, 0.15) is 33.1 Å². The van der Waals surface area contributed by atoms with Crippen molar-refractivity contribution in [3.05, 3.63) is 0 Å². The molecule has 0 aromatic rings. The second-order valence-electron chi connectivity index (χ2n) is 4.76. The lowest BCUT2D eigenvalue weighted by Gasteiger charge is -2.44. The Hall–Kier alpha value is 0.560. The highest BCUT2D eigenvalue weighted by atomic mass is 35.5. The first-order chi connectivity index (χ1) is 6.71. The molecule has 2 saturated heterocycles. The Morgan fingerprint density at radius 3 is 2.73 bits per heavy atom. The molecule has 15 heavy (non-hydrogen) atoms. The summed E-state index contributed by atoms with van der Waals surface area (Å²) < 4.78 is 5.99. The molecule has 0 aliphatic carbocycles. The lowest BCUT2D eigenvalue weighted by Crippen LogP contribution is -2.58. The molecule has 90 valence electrons. The van der Waals surface area contributed by atoms with E-state index in [1.165, 1.54) is 25.0 Å². The Morgan fingerprint density at radius 2 is 2.20 bits per heavy atom. The van der Waals surface area contributed by atoms with Gasteiger partial charge in [0.25, 0.3) is 0 Å². The smallest absolute Gasteiger partial charge is 0.128 e. The van der Waals surface area contributed by atoms with Crippen LogP contribution in [0.25, 0.3) is 0 Å². The Labute approximate surface area is 103 Å². The molecule has 4 heteroatoms. The van der Waals surface area contributed by atoms with Crippen LogP contribution in [0.5, 0.6) is 0 Å². The fourth-order valence-corrected chi connectivity index (χ4v) is 3.64. The van der Waals surface area contributed by atoms with E-state index in [2.05, 4.69) is 30.9 Å². The molecule has 0 aromatic carbocycles. The monoisotopic (exact) mass is 251 g/mol. The zero-order valence-electron chi connectivity index (χ0n) is 9.62. The molecule has 0 saturated carbocycles. The first-order valence-electron chi connectivity index (χ1n) is 5.71. The highest BCUT2D eigenvalue weighted by Crippen LogP contribution is 2.35. The molecule has 2 rings (SSSR count). The van der Waals surface area contributed by atoms with Gasteiger partial charge in [-0.1, -0.05) is 13.3 Å². The summed E-state index contributed by atoms with van der Waals surface area (Å²) >= 11 is 2.08.